The molecule has 0 aliphatic carbocycles. The molecule has 0 spiro atoms. The van der Waals surface area contributed by atoms with E-state index in [2.05, 4.69) is 17.2 Å². The highest BCUT2D eigenvalue weighted by atomic mass is 16.5. The van der Waals surface area contributed by atoms with Crippen LogP contribution in [-0.4, -0.2) is 30.3 Å². The number of rotatable bonds is 3. The number of hydrogen-bond acceptors (Lipinski definition) is 3. The second-order valence-electron chi connectivity index (χ2n) is 4.34. The zero-order chi connectivity index (χ0) is 13.5. The number of ether oxygens (including phenoxy) is 1. The second-order valence-corrected chi connectivity index (χ2v) is 4.34. The summed E-state index contributed by atoms with van der Waals surface area (Å²) in [6, 6.07) is 7.32. The Morgan fingerprint density at radius 1 is 1.42 bits per heavy atom. The summed E-state index contributed by atoms with van der Waals surface area (Å²) < 4.78 is 5.32. The van der Waals surface area contributed by atoms with Crippen molar-refractivity contribution in [2.75, 3.05) is 18.5 Å². The van der Waals surface area contributed by atoms with Crippen molar-refractivity contribution in [3.05, 3.63) is 29.8 Å². The van der Waals surface area contributed by atoms with Gasteiger partial charge in [-0.05, 0) is 37.1 Å². The van der Waals surface area contributed by atoms with Gasteiger partial charge in [-0.3, -0.25) is 4.79 Å². The molecular formula is C15H17NO3. The number of carbonyl (C=O) groups is 1. The molecule has 1 aromatic rings. The summed E-state index contributed by atoms with van der Waals surface area (Å²) in [4.78, 5) is 11.8. The Hall–Kier alpha value is -1.83. The third-order valence-electron chi connectivity index (χ3n) is 2.84. The smallest absolute Gasteiger partial charge is 0.253 e. The maximum absolute atomic E-state index is 11.8. The van der Waals surface area contributed by atoms with E-state index in [0.717, 1.165) is 24.1 Å². The van der Waals surface area contributed by atoms with Crippen LogP contribution < -0.4 is 5.32 Å². The van der Waals surface area contributed by atoms with Crippen LogP contribution in [-0.2, 0) is 9.53 Å². The Bertz CT molecular complexity index is 478. The first kappa shape index (κ1) is 13.6. The lowest BCUT2D eigenvalue weighted by atomic mass is 10.2. The van der Waals surface area contributed by atoms with E-state index in [1.165, 1.54) is 0 Å². The molecule has 1 amide bonds. The first-order chi connectivity index (χ1) is 9.29. The zero-order valence-electron chi connectivity index (χ0n) is 10.7. The Morgan fingerprint density at radius 3 is 2.84 bits per heavy atom. The molecular weight excluding hydrogens is 242 g/mol. The van der Waals surface area contributed by atoms with Crippen molar-refractivity contribution in [1.82, 2.24) is 0 Å². The lowest BCUT2D eigenvalue weighted by molar-refractivity contribution is -0.124. The molecule has 1 saturated heterocycles. The molecule has 0 bridgehead atoms. The first-order valence-electron chi connectivity index (χ1n) is 6.42. The van der Waals surface area contributed by atoms with E-state index in [1.54, 1.807) is 0 Å². The SMILES string of the molecule is O=C(Nc1ccc(C#CCCO)cc1)C1CCCO1. The maximum atomic E-state index is 11.8. The normalized spacial score (nSPS) is 17.6. The Balaban J connectivity index is 1.91. The highest BCUT2D eigenvalue weighted by Crippen LogP contribution is 2.15. The van der Waals surface area contributed by atoms with Gasteiger partial charge in [-0.1, -0.05) is 11.8 Å². The molecule has 1 aliphatic heterocycles. The van der Waals surface area contributed by atoms with Gasteiger partial charge in [-0.2, -0.15) is 0 Å². The van der Waals surface area contributed by atoms with E-state index in [0.29, 0.717) is 13.0 Å². The van der Waals surface area contributed by atoms with E-state index in [4.69, 9.17) is 9.84 Å². The van der Waals surface area contributed by atoms with Crippen molar-refractivity contribution >= 4 is 11.6 Å². The van der Waals surface area contributed by atoms with Crippen molar-refractivity contribution in [3.8, 4) is 11.8 Å². The third kappa shape index (κ3) is 4.09. The number of anilines is 1. The molecule has 0 radical (unpaired) electrons. The molecule has 2 rings (SSSR count). The predicted molar refractivity (Wildman–Crippen MR) is 72.6 cm³/mol. The standard InChI is InChI=1S/C15H17NO3/c17-10-2-1-4-12-6-8-13(9-7-12)16-15(18)14-5-3-11-19-14/h6-9,14,17H,2-3,5,10-11H2,(H,16,18). The number of aliphatic hydroxyl groups is 1. The Labute approximate surface area is 112 Å². The van der Waals surface area contributed by atoms with Crippen LogP contribution in [0.3, 0.4) is 0 Å². The van der Waals surface area contributed by atoms with Gasteiger partial charge < -0.3 is 15.2 Å². The van der Waals surface area contributed by atoms with Gasteiger partial charge in [0.2, 0.25) is 0 Å². The van der Waals surface area contributed by atoms with E-state index in [1.807, 2.05) is 24.3 Å². The van der Waals surface area contributed by atoms with Gasteiger partial charge in [-0.15, -0.1) is 0 Å². The van der Waals surface area contributed by atoms with E-state index >= 15 is 0 Å². The van der Waals surface area contributed by atoms with Crippen LogP contribution in [0.1, 0.15) is 24.8 Å². The molecule has 0 aromatic heterocycles. The molecule has 4 nitrogen and oxygen atoms in total. The minimum Gasteiger partial charge on any atom is -0.395 e. The third-order valence-corrected chi connectivity index (χ3v) is 2.84. The average Bonchev–Trinajstić information content (AvgIpc) is 2.95. The summed E-state index contributed by atoms with van der Waals surface area (Å²) in [7, 11) is 0. The maximum Gasteiger partial charge on any atom is 0.253 e. The fourth-order valence-electron chi connectivity index (χ4n) is 1.86. The van der Waals surface area contributed by atoms with Crippen LogP contribution in [0.4, 0.5) is 5.69 Å². The van der Waals surface area contributed by atoms with Crippen LogP contribution in [0, 0.1) is 11.8 Å². The number of nitrogens with one attached hydrogen (secondary N) is 1. The lowest BCUT2D eigenvalue weighted by Gasteiger charge is -2.10. The molecule has 19 heavy (non-hydrogen) atoms. The predicted octanol–water partition coefficient (Wildman–Crippen LogP) is 1.54. The quantitative estimate of drug-likeness (QED) is 0.809. The molecule has 1 aliphatic rings. The minimum absolute atomic E-state index is 0.0720. The molecule has 1 unspecified atom stereocenters. The number of carbonyl (C=O) groups excluding carboxylic acids is 1. The number of amides is 1. The lowest BCUT2D eigenvalue weighted by Crippen LogP contribution is -2.26. The molecule has 1 fully saturated rings. The highest BCUT2D eigenvalue weighted by molar-refractivity contribution is 5.94. The van der Waals surface area contributed by atoms with Gasteiger partial charge in [0, 0.05) is 24.3 Å². The molecule has 0 saturated carbocycles. The summed E-state index contributed by atoms with van der Waals surface area (Å²) in [6.07, 6.45) is 1.88. The van der Waals surface area contributed by atoms with E-state index in [-0.39, 0.29) is 18.6 Å². The van der Waals surface area contributed by atoms with E-state index < -0.39 is 0 Å². The van der Waals surface area contributed by atoms with Crippen LogP contribution in [0.2, 0.25) is 0 Å². The number of hydrogen-bond donors (Lipinski definition) is 2. The van der Waals surface area contributed by atoms with Crippen molar-refractivity contribution < 1.29 is 14.6 Å². The highest BCUT2D eigenvalue weighted by Gasteiger charge is 2.23. The molecule has 2 N–H and O–H groups in total. The summed E-state index contributed by atoms with van der Waals surface area (Å²) >= 11 is 0. The first-order valence-corrected chi connectivity index (χ1v) is 6.42. The average molecular weight is 259 g/mol. The van der Waals surface area contributed by atoms with Gasteiger partial charge in [0.25, 0.3) is 5.91 Å². The Morgan fingerprint density at radius 2 is 2.21 bits per heavy atom. The van der Waals surface area contributed by atoms with Gasteiger partial charge in [-0.25, -0.2) is 0 Å². The van der Waals surface area contributed by atoms with Crippen LogP contribution >= 0.6 is 0 Å². The van der Waals surface area contributed by atoms with Crippen LogP contribution in [0.5, 0.6) is 0 Å². The van der Waals surface area contributed by atoms with Gasteiger partial charge in [0.15, 0.2) is 0 Å². The monoisotopic (exact) mass is 259 g/mol. The number of aliphatic hydroxyl groups excluding tert-OH is 1. The van der Waals surface area contributed by atoms with Crippen molar-refractivity contribution in [2.24, 2.45) is 0 Å². The molecule has 1 heterocycles. The van der Waals surface area contributed by atoms with Gasteiger partial charge in [0.05, 0.1) is 6.61 Å². The van der Waals surface area contributed by atoms with Crippen molar-refractivity contribution in [3.63, 3.8) is 0 Å². The van der Waals surface area contributed by atoms with Crippen molar-refractivity contribution in [2.45, 2.75) is 25.4 Å². The second kappa shape index (κ2) is 6.93. The minimum atomic E-state index is -0.316. The summed E-state index contributed by atoms with van der Waals surface area (Å²) in [6.45, 7) is 0.736. The summed E-state index contributed by atoms with van der Waals surface area (Å²) in [5.74, 6) is 5.70. The Kier molecular flexibility index (Phi) is 4.96. The van der Waals surface area contributed by atoms with Crippen molar-refractivity contribution in [1.29, 1.82) is 0 Å². The van der Waals surface area contributed by atoms with Crippen LogP contribution in [0.15, 0.2) is 24.3 Å². The van der Waals surface area contributed by atoms with E-state index in [9.17, 15) is 4.79 Å². The molecule has 1 atom stereocenters. The largest absolute Gasteiger partial charge is 0.395 e. The summed E-state index contributed by atoms with van der Waals surface area (Å²) in [5.41, 5.74) is 1.61. The molecule has 1 aromatic carbocycles. The van der Waals surface area contributed by atoms with Crippen LogP contribution in [0.25, 0.3) is 0 Å². The molecule has 100 valence electrons. The topological polar surface area (TPSA) is 58.6 Å². The summed E-state index contributed by atoms with van der Waals surface area (Å²) in [5, 5.41) is 11.5. The number of benzene rings is 1. The van der Waals surface area contributed by atoms with Gasteiger partial charge >= 0.3 is 0 Å². The fraction of sp³-hybridized carbons (Fsp3) is 0.400. The zero-order valence-corrected chi connectivity index (χ0v) is 10.7. The van der Waals surface area contributed by atoms with Gasteiger partial charge in [0.1, 0.15) is 6.10 Å². The molecule has 4 heteroatoms. The fourth-order valence-corrected chi connectivity index (χ4v) is 1.86.